The molecule has 1 fully saturated rings. The van der Waals surface area contributed by atoms with Gasteiger partial charge in [-0.15, -0.1) is 0 Å². The van der Waals surface area contributed by atoms with Crippen molar-refractivity contribution >= 4 is 8.07 Å². The fourth-order valence-electron chi connectivity index (χ4n) is 1.32. The van der Waals surface area contributed by atoms with Crippen LogP contribution in [0.4, 0.5) is 0 Å². The Bertz CT molecular complexity index is 193. The summed E-state index contributed by atoms with van der Waals surface area (Å²) in [6, 6.07) is 0. The van der Waals surface area contributed by atoms with E-state index >= 15 is 0 Å². The molecule has 1 saturated heterocycles. The topological polar surface area (TPSA) is 12.5 Å². The highest BCUT2D eigenvalue weighted by atomic mass is 28.3. The van der Waals surface area contributed by atoms with E-state index < -0.39 is 8.07 Å². The molecule has 0 aromatic heterocycles. The van der Waals surface area contributed by atoms with Gasteiger partial charge in [-0.25, -0.2) is 0 Å². The lowest BCUT2D eigenvalue weighted by Crippen LogP contribution is -2.17. The van der Waals surface area contributed by atoms with Gasteiger partial charge in [0.25, 0.3) is 0 Å². The normalized spacial score (nSPS) is 35.9. The van der Waals surface area contributed by atoms with Crippen molar-refractivity contribution in [3.8, 4) is 0 Å². The standard InChI is InChI=1S/C10H20OSi/c1-6-9-10(2,11-9)7-8-12(3,4)5/h7-9H,6H2,1-5H3/b8-7+/t9-,10-/m1/s1. The molecule has 2 heteroatoms. The molecule has 0 saturated carbocycles. The van der Waals surface area contributed by atoms with Gasteiger partial charge in [0.1, 0.15) is 5.60 Å². The van der Waals surface area contributed by atoms with Crippen LogP contribution in [0.5, 0.6) is 0 Å². The van der Waals surface area contributed by atoms with E-state index in [1.165, 1.54) is 0 Å². The van der Waals surface area contributed by atoms with E-state index in [2.05, 4.69) is 45.3 Å². The largest absolute Gasteiger partial charge is 0.362 e. The summed E-state index contributed by atoms with van der Waals surface area (Å²) in [6.45, 7) is 11.4. The Hall–Kier alpha value is -0.0831. The summed E-state index contributed by atoms with van der Waals surface area (Å²) >= 11 is 0. The second-order valence-corrected chi connectivity index (χ2v) is 9.96. The molecule has 1 aliphatic rings. The Labute approximate surface area is 76.8 Å². The van der Waals surface area contributed by atoms with Crippen molar-refractivity contribution in [2.24, 2.45) is 0 Å². The van der Waals surface area contributed by atoms with Crippen molar-refractivity contribution in [1.29, 1.82) is 0 Å². The van der Waals surface area contributed by atoms with E-state index in [1.54, 1.807) is 0 Å². The summed E-state index contributed by atoms with van der Waals surface area (Å²) in [6.07, 6.45) is 3.88. The molecule has 0 aliphatic carbocycles. The van der Waals surface area contributed by atoms with Gasteiger partial charge >= 0.3 is 0 Å². The van der Waals surface area contributed by atoms with Gasteiger partial charge in [-0.3, -0.25) is 0 Å². The number of hydrogen-bond donors (Lipinski definition) is 0. The quantitative estimate of drug-likeness (QED) is 0.485. The molecule has 1 aliphatic heterocycles. The Kier molecular flexibility index (Phi) is 2.50. The number of ether oxygens (including phenoxy) is 1. The maximum atomic E-state index is 5.58. The van der Waals surface area contributed by atoms with Crippen LogP contribution in [0.15, 0.2) is 11.8 Å². The van der Waals surface area contributed by atoms with Gasteiger partial charge in [-0.05, 0) is 13.3 Å². The Balaban J connectivity index is 2.48. The zero-order valence-electron chi connectivity index (χ0n) is 8.85. The molecule has 70 valence electrons. The van der Waals surface area contributed by atoms with Crippen LogP contribution in [0.2, 0.25) is 19.6 Å². The molecule has 0 amide bonds. The highest BCUT2D eigenvalue weighted by Gasteiger charge is 2.48. The van der Waals surface area contributed by atoms with Crippen LogP contribution >= 0.6 is 0 Å². The van der Waals surface area contributed by atoms with Crippen molar-refractivity contribution in [2.45, 2.75) is 51.6 Å². The molecule has 12 heavy (non-hydrogen) atoms. The van der Waals surface area contributed by atoms with Crippen LogP contribution in [0, 0.1) is 0 Å². The van der Waals surface area contributed by atoms with Gasteiger partial charge in [0, 0.05) is 0 Å². The van der Waals surface area contributed by atoms with E-state index in [4.69, 9.17) is 4.74 Å². The van der Waals surface area contributed by atoms with Gasteiger partial charge in [0.15, 0.2) is 0 Å². The van der Waals surface area contributed by atoms with Crippen LogP contribution in [0.3, 0.4) is 0 Å². The molecule has 2 atom stereocenters. The highest BCUT2D eigenvalue weighted by molar-refractivity contribution is 6.80. The van der Waals surface area contributed by atoms with Gasteiger partial charge in [-0.1, -0.05) is 38.3 Å². The second-order valence-electron chi connectivity index (χ2n) is 4.90. The van der Waals surface area contributed by atoms with Crippen molar-refractivity contribution in [2.75, 3.05) is 0 Å². The first-order valence-electron chi connectivity index (χ1n) is 4.75. The lowest BCUT2D eigenvalue weighted by atomic mass is 10.1. The summed E-state index contributed by atoms with van der Waals surface area (Å²) in [4.78, 5) is 0. The monoisotopic (exact) mass is 184 g/mol. The van der Waals surface area contributed by atoms with Crippen LogP contribution in [-0.4, -0.2) is 19.8 Å². The zero-order valence-corrected chi connectivity index (χ0v) is 9.85. The molecule has 0 radical (unpaired) electrons. The van der Waals surface area contributed by atoms with Crippen molar-refractivity contribution in [1.82, 2.24) is 0 Å². The first kappa shape index (κ1) is 10.0. The first-order valence-corrected chi connectivity index (χ1v) is 8.33. The summed E-state index contributed by atoms with van der Waals surface area (Å²) in [5.74, 6) is 0. The summed E-state index contributed by atoms with van der Waals surface area (Å²) in [7, 11) is -1.03. The van der Waals surface area contributed by atoms with E-state index in [1.807, 2.05) is 0 Å². The molecule has 1 rings (SSSR count). The highest BCUT2D eigenvalue weighted by Crippen LogP contribution is 2.39. The fourth-order valence-corrected chi connectivity index (χ4v) is 2.15. The molecule has 0 unspecified atom stereocenters. The van der Waals surface area contributed by atoms with E-state index in [9.17, 15) is 0 Å². The third-order valence-electron chi connectivity index (χ3n) is 2.26. The van der Waals surface area contributed by atoms with Crippen molar-refractivity contribution in [3.05, 3.63) is 11.8 Å². The summed E-state index contributed by atoms with van der Waals surface area (Å²) in [5, 5.41) is 0. The Morgan fingerprint density at radius 3 is 2.33 bits per heavy atom. The smallest absolute Gasteiger partial charge is 0.110 e. The number of hydrogen-bond acceptors (Lipinski definition) is 1. The molecule has 0 bridgehead atoms. The number of epoxide rings is 1. The first-order chi connectivity index (χ1) is 5.37. The fraction of sp³-hybridized carbons (Fsp3) is 0.800. The SMILES string of the molecule is CC[C@H]1O[C@]1(C)/C=C/[Si](C)(C)C. The average molecular weight is 184 g/mol. The molecule has 0 aromatic rings. The maximum absolute atomic E-state index is 5.58. The summed E-state index contributed by atoms with van der Waals surface area (Å²) < 4.78 is 5.58. The molecule has 0 spiro atoms. The zero-order chi connectivity index (χ0) is 9.41. The van der Waals surface area contributed by atoms with Gasteiger partial charge < -0.3 is 4.74 Å². The molecular weight excluding hydrogens is 164 g/mol. The third kappa shape index (κ3) is 2.46. The van der Waals surface area contributed by atoms with Crippen molar-refractivity contribution < 1.29 is 4.74 Å². The molecule has 1 nitrogen and oxygen atoms in total. The van der Waals surface area contributed by atoms with Crippen LogP contribution in [0.25, 0.3) is 0 Å². The Morgan fingerprint density at radius 2 is 2.00 bits per heavy atom. The predicted molar refractivity (Wildman–Crippen MR) is 56.1 cm³/mol. The van der Waals surface area contributed by atoms with E-state index in [0.29, 0.717) is 6.10 Å². The van der Waals surface area contributed by atoms with Crippen LogP contribution < -0.4 is 0 Å². The maximum Gasteiger partial charge on any atom is 0.110 e. The molecular formula is C10H20OSi. The minimum atomic E-state index is -1.03. The minimum Gasteiger partial charge on any atom is -0.362 e. The minimum absolute atomic E-state index is 0.0784. The van der Waals surface area contributed by atoms with Crippen molar-refractivity contribution in [3.63, 3.8) is 0 Å². The third-order valence-corrected chi connectivity index (χ3v) is 3.43. The number of rotatable bonds is 3. The van der Waals surface area contributed by atoms with Gasteiger partial charge in [0.05, 0.1) is 14.2 Å². The van der Waals surface area contributed by atoms with Crippen LogP contribution in [-0.2, 0) is 4.74 Å². The molecule has 0 N–H and O–H groups in total. The van der Waals surface area contributed by atoms with E-state index in [0.717, 1.165) is 6.42 Å². The summed E-state index contributed by atoms with van der Waals surface area (Å²) in [5.41, 5.74) is 2.46. The lowest BCUT2D eigenvalue weighted by molar-refractivity contribution is 0.340. The molecule has 1 heterocycles. The van der Waals surface area contributed by atoms with Gasteiger partial charge in [0.2, 0.25) is 0 Å². The Morgan fingerprint density at radius 1 is 1.42 bits per heavy atom. The average Bonchev–Trinajstić information content (AvgIpc) is 2.58. The van der Waals surface area contributed by atoms with Gasteiger partial charge in [-0.2, -0.15) is 0 Å². The van der Waals surface area contributed by atoms with E-state index in [-0.39, 0.29) is 5.60 Å². The lowest BCUT2D eigenvalue weighted by Gasteiger charge is -2.09. The second kappa shape index (κ2) is 3.00. The van der Waals surface area contributed by atoms with Crippen LogP contribution in [0.1, 0.15) is 20.3 Å². The predicted octanol–water partition coefficient (Wildman–Crippen LogP) is 2.99. The molecule has 0 aromatic carbocycles.